The van der Waals surface area contributed by atoms with Gasteiger partial charge < -0.3 is 4.57 Å². The van der Waals surface area contributed by atoms with Crippen molar-refractivity contribution < 1.29 is 10.0 Å². The van der Waals surface area contributed by atoms with Gasteiger partial charge in [0.25, 0.3) is 5.91 Å². The van der Waals surface area contributed by atoms with E-state index in [9.17, 15) is 4.79 Å². The molecule has 0 spiro atoms. The molecule has 1 aromatic rings. The van der Waals surface area contributed by atoms with Gasteiger partial charge in [0.1, 0.15) is 0 Å². The van der Waals surface area contributed by atoms with Gasteiger partial charge in [-0.25, -0.2) is 9.79 Å². The lowest BCUT2D eigenvalue weighted by Crippen LogP contribution is -2.25. The van der Waals surface area contributed by atoms with Crippen LogP contribution >= 0.6 is 12.8 Å². The molecule has 5 nitrogen and oxygen atoms in total. The van der Waals surface area contributed by atoms with E-state index in [4.69, 9.17) is 5.21 Å². The normalized spacial score (nSPS) is 16.4. The molecule has 76 valence electrons. The molecule has 14 heavy (non-hydrogen) atoms. The molecular formula is C8H11N3O2S. The second kappa shape index (κ2) is 3.64. The van der Waals surface area contributed by atoms with E-state index in [1.165, 1.54) is 0 Å². The van der Waals surface area contributed by atoms with Gasteiger partial charge in [-0.15, -0.1) is 0 Å². The number of amides is 1. The Morgan fingerprint density at radius 3 is 3.07 bits per heavy atom. The molecule has 2 heterocycles. The summed E-state index contributed by atoms with van der Waals surface area (Å²) >= 11 is 4.24. The van der Waals surface area contributed by atoms with Crippen molar-refractivity contribution in [3.63, 3.8) is 0 Å². The summed E-state index contributed by atoms with van der Waals surface area (Å²) in [5.74, 6) is -0.474. The Morgan fingerprint density at radius 2 is 2.36 bits per heavy atom. The van der Waals surface area contributed by atoms with Gasteiger partial charge in [0.05, 0.1) is 5.56 Å². The van der Waals surface area contributed by atoms with Crippen molar-refractivity contribution in [3.8, 4) is 0 Å². The number of rotatable bonds is 1. The van der Waals surface area contributed by atoms with Crippen LogP contribution in [-0.2, 0) is 13.1 Å². The van der Waals surface area contributed by atoms with Crippen LogP contribution in [0.25, 0.3) is 0 Å². The summed E-state index contributed by atoms with van der Waals surface area (Å²) in [6, 6.07) is 1.76. The number of fused-ring (bicyclic) bond motifs is 1. The molecular weight excluding hydrogens is 202 g/mol. The van der Waals surface area contributed by atoms with Crippen LogP contribution in [0.15, 0.2) is 12.3 Å². The van der Waals surface area contributed by atoms with Crippen LogP contribution in [0.4, 0.5) is 0 Å². The first-order chi connectivity index (χ1) is 6.70. The molecule has 2 N–H and O–H groups in total. The summed E-state index contributed by atoms with van der Waals surface area (Å²) in [4.78, 5) is 11.1. The second-order valence-corrected chi connectivity index (χ2v) is 3.81. The maximum atomic E-state index is 11.1. The van der Waals surface area contributed by atoms with Crippen molar-refractivity contribution in [2.45, 2.75) is 13.1 Å². The number of carbonyl (C=O) groups excluding carboxylic acids is 1. The first-order valence-electron chi connectivity index (χ1n) is 4.28. The van der Waals surface area contributed by atoms with Gasteiger partial charge in [-0.2, -0.15) is 0 Å². The fraction of sp³-hybridized carbons (Fsp3) is 0.375. The number of nitrogens with one attached hydrogen (secondary N) is 1. The average Bonchev–Trinajstić information content (AvgIpc) is 2.59. The minimum absolute atomic E-state index is 0.474. The summed E-state index contributed by atoms with van der Waals surface area (Å²) in [5, 5.41) is 8.47. The molecule has 6 heteroatoms. The molecule has 0 saturated heterocycles. The minimum atomic E-state index is -0.474. The highest BCUT2D eigenvalue weighted by atomic mass is 32.1. The maximum Gasteiger partial charge on any atom is 0.276 e. The fourth-order valence-electron chi connectivity index (χ4n) is 1.57. The van der Waals surface area contributed by atoms with E-state index >= 15 is 0 Å². The molecule has 0 unspecified atom stereocenters. The number of thiol groups is 1. The van der Waals surface area contributed by atoms with Gasteiger partial charge in [0, 0.05) is 31.5 Å². The van der Waals surface area contributed by atoms with E-state index in [0.29, 0.717) is 12.1 Å². The van der Waals surface area contributed by atoms with E-state index in [-0.39, 0.29) is 0 Å². The van der Waals surface area contributed by atoms with E-state index in [0.717, 1.165) is 18.8 Å². The Labute approximate surface area is 86.8 Å². The topological polar surface area (TPSA) is 57.5 Å². The van der Waals surface area contributed by atoms with Gasteiger partial charge in [-0.3, -0.25) is 10.0 Å². The maximum absolute atomic E-state index is 11.1. The Morgan fingerprint density at radius 1 is 1.57 bits per heavy atom. The highest BCUT2D eigenvalue weighted by Gasteiger charge is 2.17. The lowest BCUT2D eigenvalue weighted by Gasteiger charge is -2.22. The van der Waals surface area contributed by atoms with E-state index in [2.05, 4.69) is 12.8 Å². The molecule has 0 aliphatic carbocycles. The standard InChI is InChI=1S/C8H11N3O2S/c12-8(9-13)6-3-7-5-11(14)2-1-10(7)4-6/h3-4,13-14H,1-2,5H2,(H,9,12). The molecule has 1 aliphatic heterocycles. The predicted octanol–water partition coefficient (Wildman–Crippen LogP) is 0.268. The van der Waals surface area contributed by atoms with Crippen molar-refractivity contribution in [1.82, 2.24) is 14.4 Å². The molecule has 1 amide bonds. The summed E-state index contributed by atoms with van der Waals surface area (Å²) in [6.07, 6.45) is 1.74. The molecule has 0 saturated carbocycles. The largest absolute Gasteiger partial charge is 0.348 e. The molecule has 0 atom stereocenters. The van der Waals surface area contributed by atoms with Crippen LogP contribution in [0, 0.1) is 0 Å². The lowest BCUT2D eigenvalue weighted by molar-refractivity contribution is 0.0706. The van der Waals surface area contributed by atoms with Crippen molar-refractivity contribution in [2.24, 2.45) is 0 Å². The van der Waals surface area contributed by atoms with Gasteiger partial charge in [0.15, 0.2) is 0 Å². The van der Waals surface area contributed by atoms with E-state index < -0.39 is 5.91 Å². The van der Waals surface area contributed by atoms with E-state index in [1.54, 1.807) is 17.7 Å². The molecule has 0 radical (unpaired) electrons. The smallest absolute Gasteiger partial charge is 0.276 e. The second-order valence-electron chi connectivity index (χ2n) is 3.24. The number of hydroxylamine groups is 1. The molecule has 0 bridgehead atoms. The highest BCUT2D eigenvalue weighted by molar-refractivity contribution is 7.77. The Balaban J connectivity index is 2.27. The first kappa shape index (κ1) is 9.57. The quantitative estimate of drug-likeness (QED) is 0.356. The number of carbonyl (C=O) groups is 1. The third-order valence-electron chi connectivity index (χ3n) is 2.29. The summed E-state index contributed by atoms with van der Waals surface area (Å²) in [5.41, 5.74) is 3.13. The lowest BCUT2D eigenvalue weighted by atomic mass is 10.3. The predicted molar refractivity (Wildman–Crippen MR) is 53.1 cm³/mol. The van der Waals surface area contributed by atoms with Gasteiger partial charge >= 0.3 is 0 Å². The monoisotopic (exact) mass is 213 g/mol. The van der Waals surface area contributed by atoms with Gasteiger partial charge in [-0.05, 0) is 6.07 Å². The Bertz CT molecular complexity index is 363. The third kappa shape index (κ3) is 1.63. The SMILES string of the molecule is O=C(NO)c1cc2n(c1)CCN(S)C2. The molecule has 1 aromatic heterocycles. The van der Waals surface area contributed by atoms with Crippen LogP contribution in [-0.4, -0.2) is 26.5 Å². The van der Waals surface area contributed by atoms with Gasteiger partial charge in [0.2, 0.25) is 0 Å². The van der Waals surface area contributed by atoms with Crippen LogP contribution in [0.1, 0.15) is 16.1 Å². The molecule has 1 aliphatic rings. The van der Waals surface area contributed by atoms with Crippen LogP contribution < -0.4 is 5.48 Å². The van der Waals surface area contributed by atoms with Crippen LogP contribution in [0.3, 0.4) is 0 Å². The number of hydrogen-bond acceptors (Lipinski definition) is 4. The fourth-order valence-corrected chi connectivity index (χ4v) is 1.81. The number of nitrogens with zero attached hydrogens (tertiary/aromatic N) is 2. The van der Waals surface area contributed by atoms with Crippen molar-refractivity contribution in [2.75, 3.05) is 6.54 Å². The summed E-state index contributed by atoms with van der Waals surface area (Å²) < 4.78 is 3.88. The summed E-state index contributed by atoms with van der Waals surface area (Å²) in [7, 11) is 0. The summed E-state index contributed by atoms with van der Waals surface area (Å²) in [6.45, 7) is 2.38. The van der Waals surface area contributed by atoms with Crippen molar-refractivity contribution in [3.05, 3.63) is 23.5 Å². The molecule has 0 fully saturated rings. The molecule has 2 rings (SSSR count). The third-order valence-corrected chi connectivity index (χ3v) is 2.63. The Hall–Kier alpha value is -0.980. The first-order valence-corrected chi connectivity index (χ1v) is 4.68. The van der Waals surface area contributed by atoms with Crippen molar-refractivity contribution in [1.29, 1.82) is 0 Å². The van der Waals surface area contributed by atoms with Gasteiger partial charge in [-0.1, -0.05) is 12.8 Å². The number of aromatic nitrogens is 1. The molecule has 0 aromatic carbocycles. The van der Waals surface area contributed by atoms with Crippen LogP contribution in [0.2, 0.25) is 0 Å². The number of hydrogen-bond donors (Lipinski definition) is 3. The van der Waals surface area contributed by atoms with Crippen LogP contribution in [0.5, 0.6) is 0 Å². The zero-order valence-corrected chi connectivity index (χ0v) is 8.37. The average molecular weight is 213 g/mol. The zero-order valence-electron chi connectivity index (χ0n) is 7.47. The Kier molecular flexibility index (Phi) is 2.49. The van der Waals surface area contributed by atoms with Crippen molar-refractivity contribution >= 4 is 18.7 Å². The minimum Gasteiger partial charge on any atom is -0.348 e. The highest BCUT2D eigenvalue weighted by Crippen LogP contribution is 2.17. The van der Waals surface area contributed by atoms with E-state index in [1.807, 2.05) is 8.87 Å². The zero-order chi connectivity index (χ0) is 10.1.